The topological polar surface area (TPSA) is 48.1 Å². The number of methoxy groups -OCH3 is 1. The van der Waals surface area contributed by atoms with Crippen molar-refractivity contribution in [3.05, 3.63) is 23.4 Å². The molecule has 1 atom stereocenters. The van der Waals surface area contributed by atoms with Crippen molar-refractivity contribution >= 4 is 0 Å². The first-order chi connectivity index (χ1) is 7.40. The smallest absolute Gasteiger partial charge is 0.421 e. The normalized spacial score (nSPS) is 13.6. The fourth-order valence-electron chi connectivity index (χ4n) is 1.27. The zero-order valence-electron chi connectivity index (χ0n) is 9.01. The van der Waals surface area contributed by atoms with Crippen molar-refractivity contribution < 1.29 is 17.9 Å². The van der Waals surface area contributed by atoms with Crippen LogP contribution in [0, 0.1) is 0 Å². The molecule has 3 nitrogen and oxygen atoms in total. The van der Waals surface area contributed by atoms with Crippen molar-refractivity contribution in [2.45, 2.75) is 25.6 Å². The first kappa shape index (κ1) is 12.8. The van der Waals surface area contributed by atoms with Gasteiger partial charge in [-0.2, -0.15) is 13.2 Å². The Bertz CT molecular complexity index is 366. The van der Waals surface area contributed by atoms with Gasteiger partial charge >= 0.3 is 6.18 Å². The van der Waals surface area contributed by atoms with Gasteiger partial charge in [0.1, 0.15) is 5.56 Å². The molecular weight excluding hydrogens is 221 g/mol. The quantitative estimate of drug-likeness (QED) is 0.874. The van der Waals surface area contributed by atoms with E-state index < -0.39 is 23.7 Å². The Morgan fingerprint density at radius 3 is 2.56 bits per heavy atom. The highest BCUT2D eigenvalue weighted by molar-refractivity contribution is 5.33. The van der Waals surface area contributed by atoms with Gasteiger partial charge < -0.3 is 10.5 Å². The minimum Gasteiger partial charge on any atom is -0.481 e. The summed E-state index contributed by atoms with van der Waals surface area (Å²) >= 11 is 0. The van der Waals surface area contributed by atoms with Crippen LogP contribution in [0.25, 0.3) is 0 Å². The van der Waals surface area contributed by atoms with E-state index in [2.05, 4.69) is 9.72 Å². The molecule has 0 unspecified atom stereocenters. The molecule has 0 aliphatic rings. The molecule has 1 aromatic heterocycles. The van der Waals surface area contributed by atoms with Crippen molar-refractivity contribution in [2.24, 2.45) is 5.73 Å². The molecule has 1 heterocycles. The standard InChI is InChI=1S/C10H13F3N2O/c1-3-8(14)6-4-7(10(11,12)13)9(16-2)15-5-6/h4-5,8H,3,14H2,1-2H3/t8-/m1/s1. The first-order valence-electron chi connectivity index (χ1n) is 4.76. The second-order valence-electron chi connectivity index (χ2n) is 3.34. The van der Waals surface area contributed by atoms with E-state index in [9.17, 15) is 13.2 Å². The zero-order valence-corrected chi connectivity index (χ0v) is 9.01. The highest BCUT2D eigenvalue weighted by atomic mass is 19.4. The molecule has 1 rings (SSSR count). The molecule has 90 valence electrons. The maximum Gasteiger partial charge on any atom is 0.421 e. The Morgan fingerprint density at radius 1 is 1.50 bits per heavy atom. The molecule has 0 spiro atoms. The van der Waals surface area contributed by atoms with Crippen LogP contribution < -0.4 is 10.5 Å². The Hall–Kier alpha value is -1.30. The van der Waals surface area contributed by atoms with E-state index in [4.69, 9.17) is 5.73 Å². The number of hydrogen-bond donors (Lipinski definition) is 1. The van der Waals surface area contributed by atoms with Crippen LogP contribution in [0.2, 0.25) is 0 Å². The average Bonchev–Trinajstić information content (AvgIpc) is 2.26. The van der Waals surface area contributed by atoms with E-state index >= 15 is 0 Å². The second kappa shape index (κ2) is 4.69. The number of alkyl halides is 3. The molecule has 0 aliphatic heterocycles. The number of aromatic nitrogens is 1. The number of hydrogen-bond acceptors (Lipinski definition) is 3. The monoisotopic (exact) mass is 234 g/mol. The largest absolute Gasteiger partial charge is 0.481 e. The van der Waals surface area contributed by atoms with E-state index in [1.165, 1.54) is 6.20 Å². The second-order valence-corrected chi connectivity index (χ2v) is 3.34. The Kier molecular flexibility index (Phi) is 3.74. The molecule has 0 radical (unpaired) electrons. The summed E-state index contributed by atoms with van der Waals surface area (Å²) in [6.45, 7) is 1.79. The van der Waals surface area contributed by atoms with Crippen molar-refractivity contribution in [3.8, 4) is 5.88 Å². The van der Waals surface area contributed by atoms with Gasteiger partial charge in [-0.15, -0.1) is 0 Å². The molecule has 0 aliphatic carbocycles. The van der Waals surface area contributed by atoms with E-state index in [-0.39, 0.29) is 0 Å². The summed E-state index contributed by atoms with van der Waals surface area (Å²) in [5.74, 6) is -0.431. The summed E-state index contributed by atoms with van der Waals surface area (Å²) in [5, 5.41) is 0. The molecule has 0 aromatic carbocycles. The molecule has 0 bridgehead atoms. The van der Waals surface area contributed by atoms with Gasteiger partial charge in [0.25, 0.3) is 0 Å². The van der Waals surface area contributed by atoms with E-state index in [1.807, 2.05) is 0 Å². The Labute approximate surface area is 91.4 Å². The van der Waals surface area contributed by atoms with E-state index in [0.717, 1.165) is 13.2 Å². The third kappa shape index (κ3) is 2.63. The lowest BCUT2D eigenvalue weighted by Crippen LogP contribution is -2.14. The predicted molar refractivity (Wildman–Crippen MR) is 53.0 cm³/mol. The van der Waals surface area contributed by atoms with Crippen LogP contribution in [0.15, 0.2) is 12.3 Å². The molecule has 2 N–H and O–H groups in total. The van der Waals surface area contributed by atoms with Crippen LogP contribution in [-0.4, -0.2) is 12.1 Å². The number of nitrogens with zero attached hydrogens (tertiary/aromatic N) is 1. The number of rotatable bonds is 3. The van der Waals surface area contributed by atoms with Crippen molar-refractivity contribution in [2.75, 3.05) is 7.11 Å². The van der Waals surface area contributed by atoms with Gasteiger partial charge in [0.2, 0.25) is 5.88 Å². The SMILES string of the molecule is CC[C@@H](N)c1cnc(OC)c(C(F)(F)F)c1. The molecular formula is C10H13F3N2O. The van der Waals surface area contributed by atoms with Gasteiger partial charge in [-0.1, -0.05) is 6.92 Å². The minimum atomic E-state index is -4.48. The Balaban J connectivity index is 3.22. The molecule has 0 saturated heterocycles. The van der Waals surface area contributed by atoms with Gasteiger partial charge in [0, 0.05) is 12.2 Å². The van der Waals surface area contributed by atoms with Gasteiger partial charge in [0.15, 0.2) is 0 Å². The lowest BCUT2D eigenvalue weighted by atomic mass is 10.1. The van der Waals surface area contributed by atoms with Crippen LogP contribution in [0.5, 0.6) is 5.88 Å². The third-order valence-electron chi connectivity index (χ3n) is 2.24. The number of pyridine rings is 1. The van der Waals surface area contributed by atoms with Crippen LogP contribution in [0.4, 0.5) is 13.2 Å². The molecule has 0 fully saturated rings. The molecule has 0 amide bonds. The average molecular weight is 234 g/mol. The van der Waals surface area contributed by atoms with Gasteiger partial charge in [0.05, 0.1) is 7.11 Å². The van der Waals surface area contributed by atoms with Crippen LogP contribution in [0.3, 0.4) is 0 Å². The molecule has 16 heavy (non-hydrogen) atoms. The van der Waals surface area contributed by atoms with E-state index in [0.29, 0.717) is 12.0 Å². The lowest BCUT2D eigenvalue weighted by Gasteiger charge is -2.14. The first-order valence-corrected chi connectivity index (χ1v) is 4.76. The van der Waals surface area contributed by atoms with Gasteiger partial charge in [-0.05, 0) is 18.1 Å². The summed E-state index contributed by atoms with van der Waals surface area (Å²) in [6, 6.07) is 0.541. The maximum absolute atomic E-state index is 12.6. The lowest BCUT2D eigenvalue weighted by molar-refractivity contribution is -0.139. The number of ether oxygens (including phenoxy) is 1. The summed E-state index contributed by atoms with van der Waals surface area (Å²) < 4.78 is 42.4. The summed E-state index contributed by atoms with van der Waals surface area (Å²) in [5.41, 5.74) is 5.11. The minimum absolute atomic E-state index is 0.357. The predicted octanol–water partition coefficient (Wildman–Crippen LogP) is 2.52. The van der Waals surface area contributed by atoms with Crippen LogP contribution >= 0.6 is 0 Å². The summed E-state index contributed by atoms with van der Waals surface area (Å²) in [6.07, 6.45) is -2.63. The van der Waals surface area contributed by atoms with Gasteiger partial charge in [-0.25, -0.2) is 4.98 Å². The number of nitrogens with two attached hydrogens (primary N) is 1. The Morgan fingerprint density at radius 2 is 2.12 bits per heavy atom. The fourth-order valence-corrected chi connectivity index (χ4v) is 1.27. The van der Waals surface area contributed by atoms with Crippen molar-refractivity contribution in [3.63, 3.8) is 0 Å². The van der Waals surface area contributed by atoms with E-state index in [1.54, 1.807) is 6.92 Å². The third-order valence-corrected chi connectivity index (χ3v) is 2.24. The van der Waals surface area contributed by atoms with Crippen molar-refractivity contribution in [1.82, 2.24) is 4.98 Å². The maximum atomic E-state index is 12.6. The highest BCUT2D eigenvalue weighted by Crippen LogP contribution is 2.36. The molecule has 1 aromatic rings. The van der Waals surface area contributed by atoms with Gasteiger partial charge in [-0.3, -0.25) is 0 Å². The fraction of sp³-hybridized carbons (Fsp3) is 0.500. The van der Waals surface area contributed by atoms with Crippen LogP contribution in [0.1, 0.15) is 30.5 Å². The molecule has 6 heteroatoms. The highest BCUT2D eigenvalue weighted by Gasteiger charge is 2.35. The number of halogens is 3. The molecule has 0 saturated carbocycles. The summed E-state index contributed by atoms with van der Waals surface area (Å²) in [7, 11) is 1.15. The zero-order chi connectivity index (χ0) is 12.3. The van der Waals surface area contributed by atoms with Crippen molar-refractivity contribution in [1.29, 1.82) is 0 Å². The van der Waals surface area contributed by atoms with Crippen LogP contribution in [-0.2, 0) is 6.18 Å². The summed E-state index contributed by atoms with van der Waals surface area (Å²) in [4.78, 5) is 3.61.